The molecule has 0 bridgehead atoms. The molecule has 18 heavy (non-hydrogen) atoms. The number of hydrogen-bond acceptors (Lipinski definition) is 5. The molecule has 1 aromatic rings. The van der Waals surface area contributed by atoms with Gasteiger partial charge in [-0.1, -0.05) is 0 Å². The van der Waals surface area contributed by atoms with E-state index in [1.54, 1.807) is 6.07 Å². The Morgan fingerprint density at radius 2 is 2.39 bits per heavy atom. The summed E-state index contributed by atoms with van der Waals surface area (Å²) in [4.78, 5) is 10.4. The lowest BCUT2D eigenvalue weighted by Gasteiger charge is -2.12. The van der Waals surface area contributed by atoms with Gasteiger partial charge in [0.1, 0.15) is 5.75 Å². The van der Waals surface area contributed by atoms with Gasteiger partial charge in [-0.15, -0.1) is 0 Å². The molecule has 6 nitrogen and oxygen atoms in total. The van der Waals surface area contributed by atoms with Gasteiger partial charge in [-0.3, -0.25) is 10.1 Å². The van der Waals surface area contributed by atoms with Crippen molar-refractivity contribution in [1.82, 2.24) is 5.32 Å². The second-order valence-corrected chi connectivity index (χ2v) is 4.42. The van der Waals surface area contributed by atoms with E-state index in [9.17, 15) is 10.1 Å². The van der Waals surface area contributed by atoms with E-state index in [-0.39, 0.29) is 5.69 Å². The summed E-state index contributed by atoms with van der Waals surface area (Å²) in [6.45, 7) is 2.86. The number of nitrogens with one attached hydrogen (secondary N) is 2. The van der Waals surface area contributed by atoms with Gasteiger partial charge >= 0.3 is 0 Å². The highest BCUT2D eigenvalue weighted by molar-refractivity contribution is 5.56. The van der Waals surface area contributed by atoms with E-state index in [4.69, 9.17) is 4.74 Å². The topological polar surface area (TPSA) is 76.4 Å². The Labute approximate surface area is 105 Å². The fraction of sp³-hybridized carbons (Fsp3) is 0.500. The summed E-state index contributed by atoms with van der Waals surface area (Å²) >= 11 is 0. The molecule has 0 amide bonds. The van der Waals surface area contributed by atoms with Crippen LogP contribution in [0.25, 0.3) is 0 Å². The Bertz CT molecular complexity index is 431. The van der Waals surface area contributed by atoms with Crippen LogP contribution in [0.2, 0.25) is 0 Å². The van der Waals surface area contributed by atoms with Gasteiger partial charge in [0.2, 0.25) is 0 Å². The third-order valence-corrected chi connectivity index (χ3v) is 3.10. The summed E-state index contributed by atoms with van der Waals surface area (Å²) in [5.74, 6) is 1.08. The Kier molecular flexibility index (Phi) is 3.99. The van der Waals surface area contributed by atoms with Gasteiger partial charge < -0.3 is 15.4 Å². The zero-order valence-electron chi connectivity index (χ0n) is 10.3. The fourth-order valence-corrected chi connectivity index (χ4v) is 2.06. The van der Waals surface area contributed by atoms with Crippen molar-refractivity contribution >= 4 is 11.4 Å². The van der Waals surface area contributed by atoms with Crippen molar-refractivity contribution in [3.05, 3.63) is 28.3 Å². The monoisotopic (exact) mass is 251 g/mol. The van der Waals surface area contributed by atoms with Crippen LogP contribution in [0.4, 0.5) is 11.4 Å². The number of nitrogens with zero attached hydrogens (tertiary/aromatic N) is 1. The van der Waals surface area contributed by atoms with E-state index in [1.807, 2.05) is 0 Å². The number of nitro benzene ring substituents is 1. The van der Waals surface area contributed by atoms with E-state index < -0.39 is 4.92 Å². The standard InChI is InChI=1S/C12H17N3O3/c1-18-12-5-10(4-11(6-12)15(16)17)14-8-9-2-3-13-7-9/h4-6,9,13-14H,2-3,7-8H2,1H3. The SMILES string of the molecule is COc1cc(NCC2CCNC2)cc([N+](=O)[O-])c1. The minimum Gasteiger partial charge on any atom is -0.496 e. The van der Waals surface area contributed by atoms with Gasteiger partial charge in [-0.2, -0.15) is 0 Å². The first kappa shape index (κ1) is 12.6. The van der Waals surface area contributed by atoms with Crippen LogP contribution in [0.15, 0.2) is 18.2 Å². The number of rotatable bonds is 5. The average Bonchev–Trinajstić information content (AvgIpc) is 2.89. The second kappa shape index (κ2) is 5.68. The number of hydrogen-bond donors (Lipinski definition) is 2. The number of nitro groups is 1. The number of ether oxygens (including phenoxy) is 1. The Balaban J connectivity index is 2.05. The number of anilines is 1. The molecule has 0 aliphatic carbocycles. The molecule has 0 saturated carbocycles. The first-order valence-electron chi connectivity index (χ1n) is 5.97. The number of methoxy groups -OCH3 is 1. The van der Waals surface area contributed by atoms with Crippen molar-refractivity contribution in [2.75, 3.05) is 32.1 Å². The van der Waals surface area contributed by atoms with Gasteiger partial charge in [0.25, 0.3) is 5.69 Å². The predicted octanol–water partition coefficient (Wildman–Crippen LogP) is 1.62. The van der Waals surface area contributed by atoms with Crippen molar-refractivity contribution in [3.8, 4) is 5.75 Å². The van der Waals surface area contributed by atoms with Gasteiger partial charge in [-0.25, -0.2) is 0 Å². The molecule has 1 unspecified atom stereocenters. The molecule has 0 aromatic heterocycles. The van der Waals surface area contributed by atoms with E-state index >= 15 is 0 Å². The van der Waals surface area contributed by atoms with E-state index in [1.165, 1.54) is 19.2 Å². The summed E-state index contributed by atoms with van der Waals surface area (Å²) < 4.78 is 5.06. The average molecular weight is 251 g/mol. The van der Waals surface area contributed by atoms with Crippen LogP contribution in [-0.4, -0.2) is 31.7 Å². The normalized spacial score (nSPS) is 18.6. The Morgan fingerprint density at radius 3 is 3.00 bits per heavy atom. The van der Waals surface area contributed by atoms with Crippen molar-refractivity contribution in [2.45, 2.75) is 6.42 Å². The van der Waals surface area contributed by atoms with E-state index in [0.717, 1.165) is 31.7 Å². The molecule has 2 N–H and O–H groups in total. The van der Waals surface area contributed by atoms with Gasteiger partial charge in [0, 0.05) is 24.4 Å². The maximum absolute atomic E-state index is 10.8. The molecule has 6 heteroatoms. The van der Waals surface area contributed by atoms with Gasteiger partial charge in [0.05, 0.1) is 18.1 Å². The molecule has 1 saturated heterocycles. The van der Waals surface area contributed by atoms with E-state index in [0.29, 0.717) is 11.7 Å². The summed E-state index contributed by atoms with van der Waals surface area (Å²) in [7, 11) is 1.50. The highest BCUT2D eigenvalue weighted by atomic mass is 16.6. The van der Waals surface area contributed by atoms with Crippen molar-refractivity contribution in [2.24, 2.45) is 5.92 Å². The lowest BCUT2D eigenvalue weighted by Crippen LogP contribution is -2.17. The number of benzene rings is 1. The molecule has 1 aliphatic rings. The minimum absolute atomic E-state index is 0.0430. The van der Waals surface area contributed by atoms with Gasteiger partial charge in [0.15, 0.2) is 0 Å². The molecular formula is C12H17N3O3. The Morgan fingerprint density at radius 1 is 1.56 bits per heavy atom. The molecule has 1 heterocycles. The summed E-state index contributed by atoms with van der Waals surface area (Å²) in [5.41, 5.74) is 0.773. The third kappa shape index (κ3) is 3.10. The van der Waals surface area contributed by atoms with Crippen LogP contribution in [0.1, 0.15) is 6.42 Å². The third-order valence-electron chi connectivity index (χ3n) is 3.10. The molecule has 1 aliphatic heterocycles. The van der Waals surface area contributed by atoms with Crippen LogP contribution < -0.4 is 15.4 Å². The van der Waals surface area contributed by atoms with Crippen LogP contribution in [0.3, 0.4) is 0 Å². The predicted molar refractivity (Wildman–Crippen MR) is 69.1 cm³/mol. The molecule has 1 atom stereocenters. The quantitative estimate of drug-likeness (QED) is 0.614. The first-order valence-corrected chi connectivity index (χ1v) is 5.97. The highest BCUT2D eigenvalue weighted by Gasteiger charge is 2.15. The summed E-state index contributed by atoms with van der Waals surface area (Å²) in [5, 5.41) is 17.3. The molecule has 0 spiro atoms. The summed E-state index contributed by atoms with van der Waals surface area (Å²) in [6.07, 6.45) is 1.14. The fourth-order valence-electron chi connectivity index (χ4n) is 2.06. The largest absolute Gasteiger partial charge is 0.496 e. The van der Waals surface area contributed by atoms with Crippen molar-refractivity contribution in [3.63, 3.8) is 0 Å². The molecule has 0 radical (unpaired) electrons. The van der Waals surface area contributed by atoms with Crippen LogP contribution in [-0.2, 0) is 0 Å². The van der Waals surface area contributed by atoms with Gasteiger partial charge in [-0.05, 0) is 25.4 Å². The Hall–Kier alpha value is -1.82. The summed E-state index contributed by atoms with van der Waals surface area (Å²) in [6, 6.07) is 4.72. The second-order valence-electron chi connectivity index (χ2n) is 4.42. The van der Waals surface area contributed by atoms with Crippen LogP contribution >= 0.6 is 0 Å². The van der Waals surface area contributed by atoms with Crippen LogP contribution in [0, 0.1) is 16.0 Å². The molecule has 1 aromatic carbocycles. The maximum Gasteiger partial charge on any atom is 0.275 e. The van der Waals surface area contributed by atoms with E-state index in [2.05, 4.69) is 10.6 Å². The highest BCUT2D eigenvalue weighted by Crippen LogP contribution is 2.26. The molecule has 2 rings (SSSR count). The minimum atomic E-state index is -0.412. The molecular weight excluding hydrogens is 234 g/mol. The zero-order valence-corrected chi connectivity index (χ0v) is 10.3. The lowest BCUT2D eigenvalue weighted by atomic mass is 10.1. The lowest BCUT2D eigenvalue weighted by molar-refractivity contribution is -0.384. The van der Waals surface area contributed by atoms with Crippen molar-refractivity contribution in [1.29, 1.82) is 0 Å². The molecule has 98 valence electrons. The van der Waals surface area contributed by atoms with Crippen molar-refractivity contribution < 1.29 is 9.66 Å². The maximum atomic E-state index is 10.8. The molecule has 1 fully saturated rings. The smallest absolute Gasteiger partial charge is 0.275 e. The number of non-ortho nitro benzene ring substituents is 1. The zero-order chi connectivity index (χ0) is 13.0. The van der Waals surface area contributed by atoms with Crippen LogP contribution in [0.5, 0.6) is 5.75 Å². The first-order chi connectivity index (χ1) is 8.69.